The summed E-state index contributed by atoms with van der Waals surface area (Å²) in [5.74, 6) is 0.400. The summed E-state index contributed by atoms with van der Waals surface area (Å²) in [5.41, 5.74) is 1.35. The summed E-state index contributed by atoms with van der Waals surface area (Å²) in [4.78, 5) is 17.5. The lowest BCUT2D eigenvalue weighted by Crippen LogP contribution is -2.23. The van der Waals surface area contributed by atoms with Gasteiger partial charge in [0, 0.05) is 15.1 Å². The number of nitrogens with zero attached hydrogens (tertiary/aromatic N) is 3. The van der Waals surface area contributed by atoms with Crippen molar-refractivity contribution in [1.82, 2.24) is 14.6 Å². The van der Waals surface area contributed by atoms with Crippen LogP contribution in [0.15, 0.2) is 51.7 Å². The largest absolute Gasteiger partial charge is 0.291 e. The first-order chi connectivity index (χ1) is 12.0. The maximum Gasteiger partial charge on any atom is 0.291 e. The molecule has 0 unspecified atom stereocenters. The number of halogens is 3. The maximum atomic E-state index is 12.6. The highest BCUT2D eigenvalue weighted by Gasteiger charge is 2.14. The lowest BCUT2D eigenvalue weighted by molar-refractivity contribution is 0.937. The minimum absolute atomic E-state index is 0.209. The molecule has 0 atom stereocenters. The predicted octanol–water partition coefficient (Wildman–Crippen LogP) is 4.44. The zero-order valence-corrected chi connectivity index (χ0v) is 16.3. The standard InChI is InChI=1S/C17H8BrCl2N3OS/c18-12-4-2-1-3-9(12)7-14-16(24)23-17(25-14)21-15(22-23)11-6-5-10(19)8-13(11)20/h1-8H/b14-7+. The normalized spacial score (nSPS) is 12.2. The molecular formula is C17H8BrCl2N3OS. The number of aromatic nitrogens is 3. The second kappa shape index (κ2) is 6.53. The molecule has 0 saturated carbocycles. The van der Waals surface area contributed by atoms with Crippen molar-refractivity contribution in [2.45, 2.75) is 0 Å². The first-order valence-electron chi connectivity index (χ1n) is 7.14. The molecule has 2 aromatic carbocycles. The zero-order chi connectivity index (χ0) is 17.6. The van der Waals surface area contributed by atoms with E-state index in [0.717, 1.165) is 10.0 Å². The van der Waals surface area contributed by atoms with E-state index in [2.05, 4.69) is 26.0 Å². The summed E-state index contributed by atoms with van der Waals surface area (Å²) >= 11 is 16.9. The minimum atomic E-state index is -0.209. The highest BCUT2D eigenvalue weighted by Crippen LogP contribution is 2.28. The zero-order valence-electron chi connectivity index (χ0n) is 12.4. The van der Waals surface area contributed by atoms with Crippen molar-refractivity contribution in [1.29, 1.82) is 0 Å². The Labute approximate surface area is 164 Å². The minimum Gasteiger partial charge on any atom is -0.266 e. The Kier molecular flexibility index (Phi) is 4.37. The van der Waals surface area contributed by atoms with Gasteiger partial charge in [-0.2, -0.15) is 9.50 Å². The molecule has 0 saturated heterocycles. The van der Waals surface area contributed by atoms with E-state index >= 15 is 0 Å². The molecule has 0 fully saturated rings. The summed E-state index contributed by atoms with van der Waals surface area (Å²) < 4.78 is 2.78. The van der Waals surface area contributed by atoms with Crippen LogP contribution in [0, 0.1) is 0 Å². The van der Waals surface area contributed by atoms with Crippen molar-refractivity contribution in [3.05, 3.63) is 77.4 Å². The first kappa shape index (κ1) is 16.7. The third-order valence-corrected chi connectivity index (χ3v) is 5.77. The molecule has 0 aliphatic heterocycles. The monoisotopic (exact) mass is 451 g/mol. The van der Waals surface area contributed by atoms with Crippen LogP contribution in [0.2, 0.25) is 10.0 Å². The van der Waals surface area contributed by atoms with Gasteiger partial charge in [0.05, 0.1) is 9.55 Å². The van der Waals surface area contributed by atoms with Gasteiger partial charge < -0.3 is 0 Å². The van der Waals surface area contributed by atoms with E-state index in [1.165, 1.54) is 15.9 Å². The second-order valence-electron chi connectivity index (χ2n) is 5.19. The molecule has 2 heterocycles. The fourth-order valence-corrected chi connectivity index (χ4v) is 4.14. The Bertz CT molecular complexity index is 1220. The Morgan fingerprint density at radius 3 is 2.68 bits per heavy atom. The maximum absolute atomic E-state index is 12.6. The van der Waals surface area contributed by atoms with Crippen molar-refractivity contribution in [2.75, 3.05) is 0 Å². The first-order valence-corrected chi connectivity index (χ1v) is 9.51. The summed E-state index contributed by atoms with van der Waals surface area (Å²) in [6.45, 7) is 0. The van der Waals surface area contributed by atoms with Crippen LogP contribution in [0.3, 0.4) is 0 Å². The van der Waals surface area contributed by atoms with Crippen molar-refractivity contribution in [3.8, 4) is 11.4 Å². The van der Waals surface area contributed by atoms with Gasteiger partial charge in [-0.1, -0.05) is 68.7 Å². The third-order valence-electron chi connectivity index (χ3n) is 3.55. The summed E-state index contributed by atoms with van der Waals surface area (Å²) in [7, 11) is 0. The lowest BCUT2D eigenvalue weighted by Gasteiger charge is -1.99. The van der Waals surface area contributed by atoms with Gasteiger partial charge in [0.15, 0.2) is 5.82 Å². The van der Waals surface area contributed by atoms with Crippen molar-refractivity contribution < 1.29 is 0 Å². The predicted molar refractivity (Wildman–Crippen MR) is 106 cm³/mol. The molecule has 0 aliphatic rings. The summed E-state index contributed by atoms with van der Waals surface area (Å²) in [6.07, 6.45) is 1.82. The van der Waals surface area contributed by atoms with Crippen LogP contribution in [0.4, 0.5) is 0 Å². The molecule has 0 aliphatic carbocycles. The van der Waals surface area contributed by atoms with E-state index in [9.17, 15) is 4.79 Å². The quantitative estimate of drug-likeness (QED) is 0.451. The van der Waals surface area contributed by atoms with Gasteiger partial charge >= 0.3 is 0 Å². The highest BCUT2D eigenvalue weighted by molar-refractivity contribution is 9.10. The molecule has 2 aromatic heterocycles. The number of benzene rings is 2. The highest BCUT2D eigenvalue weighted by atomic mass is 79.9. The van der Waals surface area contributed by atoms with Crippen LogP contribution >= 0.6 is 50.5 Å². The Morgan fingerprint density at radius 1 is 1.16 bits per heavy atom. The Morgan fingerprint density at radius 2 is 1.96 bits per heavy atom. The Hall–Kier alpha value is -1.73. The van der Waals surface area contributed by atoms with Crippen LogP contribution in [0.5, 0.6) is 0 Å². The third kappa shape index (κ3) is 3.11. The average molecular weight is 453 g/mol. The van der Waals surface area contributed by atoms with Crippen LogP contribution in [-0.2, 0) is 0 Å². The van der Waals surface area contributed by atoms with Crippen LogP contribution in [-0.4, -0.2) is 14.6 Å². The van der Waals surface area contributed by atoms with E-state index in [-0.39, 0.29) is 5.56 Å². The number of fused-ring (bicyclic) bond motifs is 1. The Balaban J connectivity index is 1.85. The topological polar surface area (TPSA) is 47.3 Å². The van der Waals surface area contributed by atoms with Gasteiger partial charge in [-0.15, -0.1) is 5.10 Å². The van der Waals surface area contributed by atoms with Gasteiger partial charge in [-0.05, 0) is 35.9 Å². The molecule has 0 spiro atoms. The van der Waals surface area contributed by atoms with Crippen molar-refractivity contribution in [3.63, 3.8) is 0 Å². The van der Waals surface area contributed by atoms with Crippen molar-refractivity contribution in [2.24, 2.45) is 0 Å². The average Bonchev–Trinajstić information content (AvgIpc) is 3.10. The molecule has 0 radical (unpaired) electrons. The lowest BCUT2D eigenvalue weighted by atomic mass is 10.2. The van der Waals surface area contributed by atoms with Gasteiger partial charge in [0.2, 0.25) is 4.96 Å². The molecule has 0 bridgehead atoms. The summed E-state index contributed by atoms with van der Waals surface area (Å²) in [5, 5.41) is 5.28. The molecule has 124 valence electrons. The van der Waals surface area contributed by atoms with Crippen LogP contribution < -0.4 is 10.1 Å². The fraction of sp³-hybridized carbons (Fsp3) is 0. The molecule has 8 heteroatoms. The number of rotatable bonds is 2. The molecular weight excluding hydrogens is 445 g/mol. The molecule has 4 nitrogen and oxygen atoms in total. The van der Waals surface area contributed by atoms with Gasteiger partial charge in [-0.25, -0.2) is 0 Å². The van der Waals surface area contributed by atoms with Gasteiger partial charge in [-0.3, -0.25) is 4.79 Å². The van der Waals surface area contributed by atoms with Crippen LogP contribution in [0.25, 0.3) is 22.4 Å². The number of hydrogen-bond donors (Lipinski definition) is 0. The van der Waals surface area contributed by atoms with E-state index < -0.39 is 0 Å². The van der Waals surface area contributed by atoms with E-state index in [4.69, 9.17) is 23.2 Å². The van der Waals surface area contributed by atoms with Crippen LogP contribution in [0.1, 0.15) is 5.56 Å². The van der Waals surface area contributed by atoms with Gasteiger partial charge in [0.1, 0.15) is 0 Å². The molecule has 4 rings (SSSR count). The number of thiazole rings is 1. The number of hydrogen-bond acceptors (Lipinski definition) is 4. The van der Waals surface area contributed by atoms with Gasteiger partial charge in [0.25, 0.3) is 5.56 Å². The van der Waals surface area contributed by atoms with E-state index in [1.807, 2.05) is 30.3 Å². The fourth-order valence-electron chi connectivity index (χ4n) is 2.35. The smallest absolute Gasteiger partial charge is 0.266 e. The molecule has 4 aromatic rings. The summed E-state index contributed by atoms with van der Waals surface area (Å²) in [6, 6.07) is 12.8. The van der Waals surface area contributed by atoms with Crippen molar-refractivity contribution >= 4 is 61.5 Å². The molecule has 25 heavy (non-hydrogen) atoms. The van der Waals surface area contributed by atoms with E-state index in [1.54, 1.807) is 18.2 Å². The SMILES string of the molecule is O=c1/c(=C\c2ccccc2Br)sc2nc(-c3ccc(Cl)cc3Cl)nn12. The molecule has 0 amide bonds. The second-order valence-corrected chi connectivity index (χ2v) is 7.90. The van der Waals surface area contributed by atoms with E-state index in [0.29, 0.717) is 30.9 Å². The molecule has 0 N–H and O–H groups in total.